The van der Waals surface area contributed by atoms with Crippen LogP contribution in [0.5, 0.6) is 0 Å². The minimum Gasteiger partial charge on any atom is -0.207 e. The fraction of sp³-hybridized carbons (Fsp3) is 0.333. The van der Waals surface area contributed by atoms with Crippen molar-refractivity contribution < 1.29 is 21.6 Å². The van der Waals surface area contributed by atoms with Crippen LogP contribution in [-0.2, 0) is 10.0 Å². The summed E-state index contributed by atoms with van der Waals surface area (Å²) in [4.78, 5) is -0.140. The van der Waals surface area contributed by atoms with E-state index in [4.69, 9.17) is 0 Å². The van der Waals surface area contributed by atoms with E-state index in [1.807, 2.05) is 0 Å². The Morgan fingerprint density at radius 2 is 1.81 bits per heavy atom. The average Bonchev–Trinajstić information content (AvgIpc) is 2.14. The third-order valence-electron chi connectivity index (χ3n) is 1.85. The Morgan fingerprint density at radius 1 is 1.25 bits per heavy atom. The molecule has 1 aromatic rings. The van der Waals surface area contributed by atoms with Crippen molar-refractivity contribution in [2.24, 2.45) is 0 Å². The number of aryl methyl sites for hydroxylation is 1. The van der Waals surface area contributed by atoms with Crippen LogP contribution in [0.15, 0.2) is 29.2 Å². The van der Waals surface area contributed by atoms with Crippen LogP contribution < -0.4 is 4.72 Å². The van der Waals surface area contributed by atoms with Crippen molar-refractivity contribution in [2.45, 2.75) is 18.0 Å². The summed E-state index contributed by atoms with van der Waals surface area (Å²) in [6.07, 6.45) is -4.56. The van der Waals surface area contributed by atoms with Crippen molar-refractivity contribution in [3.05, 3.63) is 29.8 Å². The largest absolute Gasteiger partial charge is 0.402 e. The minimum atomic E-state index is -4.56. The molecule has 90 valence electrons. The quantitative estimate of drug-likeness (QED) is 0.893. The van der Waals surface area contributed by atoms with E-state index >= 15 is 0 Å². The predicted molar refractivity (Wildman–Crippen MR) is 52.4 cm³/mol. The Morgan fingerprint density at radius 3 is 2.31 bits per heavy atom. The van der Waals surface area contributed by atoms with Gasteiger partial charge in [-0.25, -0.2) is 13.1 Å². The van der Waals surface area contributed by atoms with Crippen LogP contribution in [0.4, 0.5) is 13.2 Å². The first-order valence-corrected chi connectivity index (χ1v) is 5.83. The zero-order valence-electron chi connectivity index (χ0n) is 8.38. The molecule has 0 unspecified atom stereocenters. The van der Waals surface area contributed by atoms with Gasteiger partial charge < -0.3 is 0 Å². The average molecular weight is 253 g/mol. The zero-order valence-corrected chi connectivity index (χ0v) is 9.19. The lowest BCUT2D eigenvalue weighted by Crippen LogP contribution is -2.34. The number of sulfonamides is 1. The third kappa shape index (κ3) is 3.49. The molecule has 1 aromatic carbocycles. The number of rotatable bonds is 3. The van der Waals surface area contributed by atoms with Gasteiger partial charge in [-0.05, 0) is 18.6 Å². The molecule has 0 radical (unpaired) electrons. The highest BCUT2D eigenvalue weighted by molar-refractivity contribution is 7.89. The SMILES string of the molecule is Cc1ccccc1S(=O)(=O)NCC(F)(F)F. The minimum absolute atomic E-state index is 0.140. The second-order valence-electron chi connectivity index (χ2n) is 3.21. The highest BCUT2D eigenvalue weighted by Gasteiger charge is 2.30. The maximum absolute atomic E-state index is 11.9. The lowest BCUT2D eigenvalue weighted by atomic mass is 10.2. The number of hydrogen-bond donors (Lipinski definition) is 1. The van der Waals surface area contributed by atoms with Gasteiger partial charge in [0, 0.05) is 0 Å². The summed E-state index contributed by atoms with van der Waals surface area (Å²) in [5.74, 6) is 0. The molecule has 0 aliphatic heterocycles. The van der Waals surface area contributed by atoms with Gasteiger partial charge in [0.1, 0.15) is 6.54 Å². The molecule has 0 bridgehead atoms. The Balaban J connectivity index is 2.92. The van der Waals surface area contributed by atoms with Gasteiger partial charge in [0.05, 0.1) is 4.90 Å². The van der Waals surface area contributed by atoms with Crippen molar-refractivity contribution >= 4 is 10.0 Å². The van der Waals surface area contributed by atoms with Gasteiger partial charge in [0.15, 0.2) is 0 Å². The standard InChI is InChI=1S/C9H10F3NO2S/c1-7-4-2-3-5-8(7)16(14,15)13-6-9(10,11)12/h2-5,13H,6H2,1H3. The second kappa shape index (κ2) is 4.42. The normalized spacial score (nSPS) is 12.8. The van der Waals surface area contributed by atoms with Crippen LogP contribution in [0, 0.1) is 6.92 Å². The summed E-state index contributed by atoms with van der Waals surface area (Å²) < 4.78 is 60.1. The van der Waals surface area contributed by atoms with E-state index in [2.05, 4.69) is 0 Å². The highest BCUT2D eigenvalue weighted by Crippen LogP contribution is 2.17. The molecular formula is C9H10F3NO2S. The fourth-order valence-corrected chi connectivity index (χ4v) is 2.37. The van der Waals surface area contributed by atoms with Crippen LogP contribution >= 0.6 is 0 Å². The van der Waals surface area contributed by atoms with Gasteiger partial charge in [0.2, 0.25) is 10.0 Å². The number of hydrogen-bond acceptors (Lipinski definition) is 2. The van der Waals surface area contributed by atoms with Crippen LogP contribution in [0.1, 0.15) is 5.56 Å². The van der Waals surface area contributed by atoms with Gasteiger partial charge in [-0.15, -0.1) is 0 Å². The molecule has 0 aliphatic carbocycles. The van der Waals surface area contributed by atoms with Gasteiger partial charge >= 0.3 is 6.18 Å². The molecule has 0 aliphatic rings. The molecule has 0 saturated heterocycles. The molecule has 0 aromatic heterocycles. The first-order chi connectivity index (χ1) is 7.22. The molecule has 1 rings (SSSR count). The van der Waals surface area contributed by atoms with E-state index in [1.54, 1.807) is 6.07 Å². The molecular weight excluding hydrogens is 243 g/mol. The summed E-state index contributed by atoms with van der Waals surface area (Å²) >= 11 is 0. The van der Waals surface area contributed by atoms with Crippen molar-refractivity contribution in [2.75, 3.05) is 6.54 Å². The Hall–Kier alpha value is -1.08. The maximum atomic E-state index is 11.9. The Labute approximate surface area is 91.3 Å². The summed E-state index contributed by atoms with van der Waals surface area (Å²) in [5, 5.41) is 0. The zero-order chi connectivity index (χ0) is 12.4. The molecule has 3 nitrogen and oxygen atoms in total. The first kappa shape index (κ1) is 13.0. The molecule has 0 heterocycles. The lowest BCUT2D eigenvalue weighted by Gasteiger charge is -2.10. The second-order valence-corrected chi connectivity index (χ2v) is 4.94. The van der Waals surface area contributed by atoms with E-state index < -0.39 is 22.7 Å². The highest BCUT2D eigenvalue weighted by atomic mass is 32.2. The van der Waals surface area contributed by atoms with E-state index in [9.17, 15) is 21.6 Å². The van der Waals surface area contributed by atoms with Crippen LogP contribution in [-0.4, -0.2) is 21.1 Å². The third-order valence-corrected chi connectivity index (χ3v) is 3.41. The first-order valence-electron chi connectivity index (χ1n) is 4.34. The molecule has 0 atom stereocenters. The van der Waals surface area contributed by atoms with Gasteiger partial charge in [0.25, 0.3) is 0 Å². The maximum Gasteiger partial charge on any atom is 0.402 e. The van der Waals surface area contributed by atoms with Gasteiger partial charge in [-0.3, -0.25) is 0 Å². The van der Waals surface area contributed by atoms with Gasteiger partial charge in [-0.2, -0.15) is 13.2 Å². The predicted octanol–water partition coefficient (Wildman–Crippen LogP) is 1.84. The summed E-state index contributed by atoms with van der Waals surface area (Å²) in [5.41, 5.74) is 0.400. The van der Waals surface area contributed by atoms with E-state index in [-0.39, 0.29) is 4.90 Å². The van der Waals surface area contributed by atoms with E-state index in [0.29, 0.717) is 5.56 Å². The number of benzene rings is 1. The molecule has 0 fully saturated rings. The summed E-state index contributed by atoms with van der Waals surface area (Å²) in [7, 11) is -4.09. The number of halogens is 3. The van der Waals surface area contributed by atoms with E-state index in [0.717, 1.165) is 0 Å². The van der Waals surface area contributed by atoms with Crippen molar-refractivity contribution in [1.82, 2.24) is 4.72 Å². The molecule has 0 amide bonds. The van der Waals surface area contributed by atoms with Crippen LogP contribution in [0.25, 0.3) is 0 Å². The smallest absolute Gasteiger partial charge is 0.207 e. The van der Waals surface area contributed by atoms with Crippen molar-refractivity contribution in [1.29, 1.82) is 0 Å². The summed E-state index contributed by atoms with van der Waals surface area (Å²) in [6.45, 7) is -0.0498. The monoisotopic (exact) mass is 253 g/mol. The Kier molecular flexibility index (Phi) is 3.59. The molecule has 7 heteroatoms. The number of alkyl halides is 3. The fourth-order valence-electron chi connectivity index (χ4n) is 1.11. The Bertz CT molecular complexity index is 468. The number of nitrogens with one attached hydrogen (secondary N) is 1. The summed E-state index contributed by atoms with van der Waals surface area (Å²) in [6, 6.07) is 5.84. The topological polar surface area (TPSA) is 46.2 Å². The molecule has 0 spiro atoms. The molecule has 16 heavy (non-hydrogen) atoms. The van der Waals surface area contributed by atoms with Crippen LogP contribution in [0.3, 0.4) is 0 Å². The van der Waals surface area contributed by atoms with Crippen molar-refractivity contribution in [3.63, 3.8) is 0 Å². The van der Waals surface area contributed by atoms with E-state index in [1.165, 1.54) is 29.8 Å². The van der Waals surface area contributed by atoms with Crippen LogP contribution in [0.2, 0.25) is 0 Å². The molecule has 0 saturated carbocycles. The lowest BCUT2D eigenvalue weighted by molar-refractivity contribution is -0.121. The molecule has 1 N–H and O–H groups in total. The van der Waals surface area contributed by atoms with Crippen molar-refractivity contribution in [3.8, 4) is 0 Å². The van der Waals surface area contributed by atoms with Gasteiger partial charge in [-0.1, -0.05) is 18.2 Å².